The van der Waals surface area contributed by atoms with E-state index in [-0.39, 0.29) is 16.2 Å². The number of nitrogens with zero attached hydrogens (tertiary/aromatic N) is 4. The van der Waals surface area contributed by atoms with Crippen LogP contribution in [-0.4, -0.2) is 24.8 Å². The smallest absolute Gasteiger partial charge is 0.232 e. The number of pyridine rings is 1. The van der Waals surface area contributed by atoms with Crippen LogP contribution in [0.15, 0.2) is 58.4 Å². The molecule has 0 atom stereocenters. The van der Waals surface area contributed by atoms with Crippen molar-refractivity contribution in [2.75, 3.05) is 0 Å². The summed E-state index contributed by atoms with van der Waals surface area (Å²) in [7, 11) is 0. The van der Waals surface area contributed by atoms with E-state index in [1.165, 1.54) is 0 Å². The van der Waals surface area contributed by atoms with Gasteiger partial charge in [0, 0.05) is 28.7 Å². The van der Waals surface area contributed by atoms with Crippen LogP contribution in [0.5, 0.6) is 0 Å². The number of aromatic nitrogens is 5. The SMILES string of the molecule is O=c1c2[nH]n3c(-c4ccncc4)nnc3sc=2c(=O)c2ccccc12. The first-order chi connectivity index (χ1) is 12.2. The quantitative estimate of drug-likeness (QED) is 0.499. The van der Waals surface area contributed by atoms with Gasteiger partial charge in [0.05, 0.1) is 0 Å². The molecule has 1 N–H and O–H groups in total. The lowest BCUT2D eigenvalue weighted by atomic mass is 10.1. The molecule has 0 spiro atoms. The van der Waals surface area contributed by atoms with E-state index in [1.807, 2.05) is 0 Å². The molecule has 2 aliphatic rings. The van der Waals surface area contributed by atoms with Crippen molar-refractivity contribution >= 4 is 27.1 Å². The molecule has 5 rings (SSSR count). The predicted octanol–water partition coefficient (Wildman–Crippen LogP) is 1.78. The fourth-order valence-electron chi connectivity index (χ4n) is 2.88. The number of H-pyrrole nitrogens is 1. The van der Waals surface area contributed by atoms with Crippen LogP contribution in [0.25, 0.3) is 27.1 Å². The molecule has 0 saturated heterocycles. The first kappa shape index (κ1) is 14.0. The average molecular weight is 347 g/mol. The van der Waals surface area contributed by atoms with Crippen LogP contribution in [0.3, 0.4) is 0 Å². The number of benzene rings is 1. The lowest BCUT2D eigenvalue weighted by molar-refractivity contribution is 0.915. The summed E-state index contributed by atoms with van der Waals surface area (Å²) in [6.07, 6.45) is 3.31. The Hall–Kier alpha value is -3.39. The van der Waals surface area contributed by atoms with Crippen molar-refractivity contribution < 1.29 is 0 Å². The lowest BCUT2D eigenvalue weighted by Gasteiger charge is -2.02. The third-order valence-corrected chi connectivity index (χ3v) is 5.11. The second-order valence-corrected chi connectivity index (χ2v) is 6.48. The fraction of sp³-hybridized carbons (Fsp3) is 0. The van der Waals surface area contributed by atoms with E-state index in [4.69, 9.17) is 0 Å². The maximum atomic E-state index is 12.8. The molecular formula is C17H9N5O2S. The highest BCUT2D eigenvalue weighted by molar-refractivity contribution is 7.14. The van der Waals surface area contributed by atoms with Crippen molar-refractivity contribution in [2.24, 2.45) is 0 Å². The highest BCUT2D eigenvalue weighted by Crippen LogP contribution is 2.18. The Morgan fingerprint density at radius 1 is 0.920 bits per heavy atom. The Bertz CT molecular complexity index is 1440. The number of nitrogens with one attached hydrogen (secondary N) is 1. The lowest BCUT2D eigenvalue weighted by Crippen LogP contribution is -2.17. The maximum Gasteiger partial charge on any atom is 0.232 e. The molecule has 0 radical (unpaired) electrons. The average Bonchev–Trinajstić information content (AvgIpc) is 3.08. The second-order valence-electron chi connectivity index (χ2n) is 5.50. The fourth-order valence-corrected chi connectivity index (χ4v) is 3.81. The van der Waals surface area contributed by atoms with Crippen LogP contribution in [0.4, 0.5) is 0 Å². The van der Waals surface area contributed by atoms with Crippen LogP contribution >= 0.6 is 11.3 Å². The van der Waals surface area contributed by atoms with Crippen LogP contribution in [0, 0.1) is 9.88 Å². The van der Waals surface area contributed by atoms with Gasteiger partial charge in [-0.1, -0.05) is 35.6 Å². The van der Waals surface area contributed by atoms with Crippen LogP contribution < -0.4 is 10.9 Å². The summed E-state index contributed by atoms with van der Waals surface area (Å²) in [6.45, 7) is 0. The zero-order valence-electron chi connectivity index (χ0n) is 12.6. The molecule has 1 aromatic carbocycles. The molecule has 1 aliphatic carbocycles. The summed E-state index contributed by atoms with van der Waals surface area (Å²) in [4.78, 5) is 30.1. The van der Waals surface area contributed by atoms with Crippen LogP contribution in [-0.2, 0) is 0 Å². The third-order valence-electron chi connectivity index (χ3n) is 4.07. The van der Waals surface area contributed by atoms with Crippen molar-refractivity contribution in [2.45, 2.75) is 0 Å². The molecule has 0 fully saturated rings. The van der Waals surface area contributed by atoms with E-state index >= 15 is 0 Å². The van der Waals surface area contributed by atoms with Gasteiger partial charge in [-0.05, 0) is 12.1 Å². The highest BCUT2D eigenvalue weighted by Gasteiger charge is 2.13. The van der Waals surface area contributed by atoms with Gasteiger partial charge in [0.1, 0.15) is 9.88 Å². The minimum absolute atomic E-state index is 0.178. The molecule has 3 heterocycles. The molecule has 0 bridgehead atoms. The topological polar surface area (TPSA) is 93.0 Å². The Morgan fingerprint density at radius 3 is 2.40 bits per heavy atom. The van der Waals surface area contributed by atoms with Gasteiger partial charge < -0.3 is 0 Å². The molecule has 0 amide bonds. The van der Waals surface area contributed by atoms with Gasteiger partial charge in [0.15, 0.2) is 5.82 Å². The van der Waals surface area contributed by atoms with Crippen molar-refractivity contribution in [1.82, 2.24) is 24.8 Å². The van der Waals surface area contributed by atoms with E-state index < -0.39 is 0 Å². The summed E-state index contributed by atoms with van der Waals surface area (Å²) in [5, 5.41) is 12.4. The van der Waals surface area contributed by atoms with Crippen LogP contribution in [0.1, 0.15) is 0 Å². The summed E-state index contributed by atoms with van der Waals surface area (Å²) in [5.41, 5.74) is 0.418. The Morgan fingerprint density at radius 2 is 1.64 bits per heavy atom. The maximum absolute atomic E-state index is 12.8. The van der Waals surface area contributed by atoms with E-state index in [0.29, 0.717) is 26.1 Å². The third kappa shape index (κ3) is 1.94. The van der Waals surface area contributed by atoms with E-state index in [1.54, 1.807) is 53.3 Å². The molecule has 2 aromatic heterocycles. The number of fused-ring (bicyclic) bond motifs is 2. The van der Waals surface area contributed by atoms with Gasteiger partial charge in [-0.25, -0.2) is 4.52 Å². The van der Waals surface area contributed by atoms with Crippen molar-refractivity contribution in [1.29, 1.82) is 0 Å². The summed E-state index contributed by atoms with van der Waals surface area (Å²) < 4.78 is 1.97. The van der Waals surface area contributed by atoms with Crippen LogP contribution in [0.2, 0.25) is 0 Å². The van der Waals surface area contributed by atoms with Gasteiger partial charge in [-0.2, -0.15) is 0 Å². The molecule has 120 valence electrons. The van der Waals surface area contributed by atoms with E-state index in [9.17, 15) is 9.59 Å². The van der Waals surface area contributed by atoms with Gasteiger partial charge in [-0.3, -0.25) is 19.7 Å². The monoisotopic (exact) mass is 347 g/mol. The molecule has 25 heavy (non-hydrogen) atoms. The number of rotatable bonds is 1. The first-order valence-electron chi connectivity index (χ1n) is 7.47. The molecule has 0 saturated carbocycles. The molecule has 0 unspecified atom stereocenters. The van der Waals surface area contributed by atoms with E-state index in [2.05, 4.69) is 20.3 Å². The zero-order valence-corrected chi connectivity index (χ0v) is 13.4. The molecule has 3 aromatic rings. The summed E-state index contributed by atoms with van der Waals surface area (Å²) in [6, 6.07) is 10.4. The Kier molecular flexibility index (Phi) is 2.83. The minimum Gasteiger partial charge on any atom is -0.288 e. The van der Waals surface area contributed by atoms with Gasteiger partial charge in [0.25, 0.3) is 0 Å². The van der Waals surface area contributed by atoms with Gasteiger partial charge >= 0.3 is 0 Å². The van der Waals surface area contributed by atoms with E-state index in [0.717, 1.165) is 16.9 Å². The molecule has 1 aliphatic heterocycles. The minimum atomic E-state index is -0.210. The first-order valence-corrected chi connectivity index (χ1v) is 8.29. The Labute approximate surface area is 142 Å². The molecule has 8 heteroatoms. The van der Waals surface area contributed by atoms with Gasteiger partial charge in [-0.15, -0.1) is 10.2 Å². The molecular weight excluding hydrogens is 338 g/mol. The van der Waals surface area contributed by atoms with Crippen molar-refractivity contribution in [3.63, 3.8) is 0 Å². The number of aromatic amines is 1. The predicted molar refractivity (Wildman–Crippen MR) is 93.8 cm³/mol. The zero-order chi connectivity index (χ0) is 17.0. The summed E-state index contributed by atoms with van der Waals surface area (Å²) >= 11 is 1.15. The Balaban J connectivity index is 1.99. The summed E-state index contributed by atoms with van der Waals surface area (Å²) in [5.74, 6) is 0.551. The number of hydrogen-bond acceptors (Lipinski definition) is 6. The number of hydrogen-bond donors (Lipinski definition) is 1. The standard InChI is InChI=1S/C17H9N5O2S/c23-13-10-3-1-2-4-11(10)14(24)15-12(13)21-22-16(19-20-17(22)25-15)9-5-7-18-8-6-9/h1-8,21H. The van der Waals surface area contributed by atoms with Gasteiger partial charge in [0.2, 0.25) is 15.8 Å². The van der Waals surface area contributed by atoms with Crippen molar-refractivity contribution in [3.8, 4) is 11.4 Å². The van der Waals surface area contributed by atoms with Crippen molar-refractivity contribution in [3.05, 3.63) is 79.1 Å². The largest absolute Gasteiger partial charge is 0.288 e. The highest BCUT2D eigenvalue weighted by atomic mass is 32.1. The second kappa shape index (κ2) is 5.05. The normalized spacial score (nSPS) is 11.5. The molecule has 7 nitrogen and oxygen atoms in total.